The Morgan fingerprint density at radius 3 is 2.32 bits per heavy atom. The molecule has 0 aliphatic rings. The Bertz CT molecular complexity index is 614. The van der Waals surface area contributed by atoms with Crippen LogP contribution in [0.5, 0.6) is 5.75 Å². The normalized spacial score (nSPS) is 11.3. The fraction of sp³-hybridized carbons (Fsp3) is 0.250. The summed E-state index contributed by atoms with van der Waals surface area (Å²) in [7, 11) is 0. The van der Waals surface area contributed by atoms with E-state index in [2.05, 4.69) is 25.6 Å². The minimum absolute atomic E-state index is 0.213. The lowest BCUT2D eigenvalue weighted by atomic mass is 10.2. The van der Waals surface area contributed by atoms with Gasteiger partial charge in [-0.05, 0) is 48.9 Å². The minimum atomic E-state index is -4.66. The van der Waals surface area contributed by atoms with Crippen LogP contribution in [-0.4, -0.2) is 12.9 Å². The third-order valence-electron chi connectivity index (χ3n) is 3.08. The van der Waals surface area contributed by atoms with Gasteiger partial charge in [-0.2, -0.15) is 0 Å². The molecule has 0 saturated carbocycles. The van der Waals surface area contributed by atoms with E-state index in [0.29, 0.717) is 6.54 Å². The summed E-state index contributed by atoms with van der Waals surface area (Å²) in [5.41, 5.74) is 1.96. The Kier molecular flexibility index (Phi) is 5.34. The van der Waals surface area contributed by atoms with E-state index >= 15 is 0 Å². The molecule has 2 nitrogen and oxygen atoms in total. The number of rotatable bonds is 5. The highest BCUT2D eigenvalue weighted by atomic mass is 79.9. The van der Waals surface area contributed by atoms with Gasteiger partial charge in [-0.15, -0.1) is 13.2 Å². The summed E-state index contributed by atoms with van der Waals surface area (Å²) in [5, 5.41) is 0. The molecule has 0 bridgehead atoms. The number of benzene rings is 2. The van der Waals surface area contributed by atoms with Crippen molar-refractivity contribution in [1.29, 1.82) is 0 Å². The third kappa shape index (κ3) is 4.94. The molecule has 0 atom stereocenters. The molecule has 118 valence electrons. The average Bonchev–Trinajstić information content (AvgIpc) is 2.44. The summed E-state index contributed by atoms with van der Waals surface area (Å²) < 4.78 is 41.3. The monoisotopic (exact) mass is 373 g/mol. The van der Waals surface area contributed by atoms with Crippen molar-refractivity contribution in [2.24, 2.45) is 0 Å². The van der Waals surface area contributed by atoms with Crippen molar-refractivity contribution in [1.82, 2.24) is 0 Å². The zero-order valence-electron chi connectivity index (χ0n) is 11.9. The Labute approximate surface area is 135 Å². The van der Waals surface area contributed by atoms with Crippen molar-refractivity contribution in [2.45, 2.75) is 19.8 Å². The first-order valence-corrected chi connectivity index (χ1v) is 7.52. The fourth-order valence-electron chi connectivity index (χ4n) is 2.10. The molecule has 0 fully saturated rings. The lowest BCUT2D eigenvalue weighted by Crippen LogP contribution is -2.22. The fourth-order valence-corrected chi connectivity index (χ4v) is 2.55. The van der Waals surface area contributed by atoms with Crippen LogP contribution < -0.4 is 9.64 Å². The van der Waals surface area contributed by atoms with Gasteiger partial charge in [-0.25, -0.2) is 0 Å². The van der Waals surface area contributed by atoms with Gasteiger partial charge in [0.15, 0.2) is 0 Å². The molecule has 22 heavy (non-hydrogen) atoms. The molecule has 0 aromatic heterocycles. The van der Waals surface area contributed by atoms with Gasteiger partial charge in [0.2, 0.25) is 0 Å². The van der Waals surface area contributed by atoms with Crippen molar-refractivity contribution in [3.05, 3.63) is 58.6 Å². The van der Waals surface area contributed by atoms with E-state index in [1.165, 1.54) is 12.1 Å². The van der Waals surface area contributed by atoms with E-state index in [0.717, 1.165) is 22.3 Å². The molecule has 0 aliphatic heterocycles. The van der Waals surface area contributed by atoms with Crippen molar-refractivity contribution in [3.63, 3.8) is 0 Å². The van der Waals surface area contributed by atoms with Gasteiger partial charge in [-0.3, -0.25) is 0 Å². The minimum Gasteiger partial charge on any atom is -0.406 e. The van der Waals surface area contributed by atoms with Crippen molar-refractivity contribution >= 4 is 21.6 Å². The van der Waals surface area contributed by atoms with E-state index < -0.39 is 6.36 Å². The first-order valence-electron chi connectivity index (χ1n) is 6.72. The molecule has 0 N–H and O–H groups in total. The van der Waals surface area contributed by atoms with Crippen molar-refractivity contribution in [3.8, 4) is 5.75 Å². The molecule has 6 heteroatoms. The highest BCUT2D eigenvalue weighted by molar-refractivity contribution is 9.10. The Morgan fingerprint density at radius 2 is 1.77 bits per heavy atom. The summed E-state index contributed by atoms with van der Waals surface area (Å²) in [6, 6.07) is 13.8. The first kappa shape index (κ1) is 16.7. The number of ether oxygens (including phenoxy) is 1. The predicted octanol–water partition coefficient (Wildman–Crippen LogP) is 5.37. The Hall–Kier alpha value is -1.69. The number of hydrogen-bond donors (Lipinski definition) is 0. The van der Waals surface area contributed by atoms with Gasteiger partial charge < -0.3 is 9.64 Å². The molecule has 2 aromatic rings. The van der Waals surface area contributed by atoms with E-state index in [1.807, 2.05) is 31.2 Å². The van der Waals surface area contributed by atoms with Gasteiger partial charge in [0.05, 0.1) is 0 Å². The summed E-state index contributed by atoms with van der Waals surface area (Å²) in [6.07, 6.45) is -4.66. The van der Waals surface area contributed by atoms with Gasteiger partial charge in [0.1, 0.15) is 5.75 Å². The summed E-state index contributed by atoms with van der Waals surface area (Å²) >= 11 is 3.43. The van der Waals surface area contributed by atoms with E-state index in [9.17, 15) is 13.2 Å². The SMILES string of the molecule is CCN(Cc1cccc(Br)c1)c1ccc(OC(F)(F)F)cc1. The van der Waals surface area contributed by atoms with Gasteiger partial charge in [0, 0.05) is 23.2 Å². The molecular formula is C16H15BrF3NO. The third-order valence-corrected chi connectivity index (χ3v) is 3.57. The predicted molar refractivity (Wildman–Crippen MR) is 84.0 cm³/mol. The Balaban J connectivity index is 2.11. The molecule has 0 heterocycles. The molecule has 0 spiro atoms. The molecule has 0 saturated heterocycles. The van der Waals surface area contributed by atoms with Gasteiger partial charge in [-0.1, -0.05) is 28.1 Å². The zero-order chi connectivity index (χ0) is 16.2. The van der Waals surface area contributed by atoms with Crippen LogP contribution in [0.1, 0.15) is 12.5 Å². The second-order valence-electron chi connectivity index (χ2n) is 4.69. The van der Waals surface area contributed by atoms with Crippen molar-refractivity contribution in [2.75, 3.05) is 11.4 Å². The van der Waals surface area contributed by atoms with Crippen LogP contribution in [0.15, 0.2) is 53.0 Å². The average molecular weight is 374 g/mol. The quantitative estimate of drug-likeness (QED) is 0.697. The maximum absolute atomic E-state index is 12.2. The van der Waals surface area contributed by atoms with Crippen LogP contribution in [0.4, 0.5) is 18.9 Å². The number of nitrogens with zero attached hydrogens (tertiary/aromatic N) is 1. The van der Waals surface area contributed by atoms with Crippen molar-refractivity contribution < 1.29 is 17.9 Å². The number of anilines is 1. The highest BCUT2D eigenvalue weighted by Gasteiger charge is 2.31. The van der Waals surface area contributed by atoms with Crippen LogP contribution in [0.3, 0.4) is 0 Å². The van der Waals surface area contributed by atoms with Crippen LogP contribution in [0.2, 0.25) is 0 Å². The summed E-state index contributed by atoms with van der Waals surface area (Å²) in [5.74, 6) is -0.213. The molecule has 0 amide bonds. The van der Waals surface area contributed by atoms with Crippen LogP contribution in [0.25, 0.3) is 0 Å². The number of alkyl halides is 3. The van der Waals surface area contributed by atoms with Crippen LogP contribution >= 0.6 is 15.9 Å². The molecule has 0 aliphatic carbocycles. The topological polar surface area (TPSA) is 12.5 Å². The highest BCUT2D eigenvalue weighted by Crippen LogP contribution is 2.26. The van der Waals surface area contributed by atoms with Crippen LogP contribution in [0, 0.1) is 0 Å². The zero-order valence-corrected chi connectivity index (χ0v) is 13.5. The summed E-state index contributed by atoms with van der Waals surface area (Å²) in [6.45, 7) is 3.42. The standard InChI is InChI=1S/C16H15BrF3NO/c1-2-21(11-12-4-3-5-13(17)10-12)14-6-8-15(9-7-14)22-16(18,19)20/h3-10H,2,11H2,1H3. The van der Waals surface area contributed by atoms with E-state index in [4.69, 9.17) is 0 Å². The summed E-state index contributed by atoms with van der Waals surface area (Å²) in [4.78, 5) is 2.07. The number of hydrogen-bond acceptors (Lipinski definition) is 2. The smallest absolute Gasteiger partial charge is 0.406 e. The Morgan fingerprint density at radius 1 is 1.09 bits per heavy atom. The van der Waals surface area contributed by atoms with Crippen LogP contribution in [-0.2, 0) is 6.54 Å². The van der Waals surface area contributed by atoms with Gasteiger partial charge in [0.25, 0.3) is 0 Å². The lowest BCUT2D eigenvalue weighted by molar-refractivity contribution is -0.274. The van der Waals surface area contributed by atoms with Gasteiger partial charge >= 0.3 is 6.36 Å². The first-order chi connectivity index (χ1) is 10.4. The second-order valence-corrected chi connectivity index (χ2v) is 5.60. The maximum Gasteiger partial charge on any atom is 0.573 e. The number of halogens is 4. The molecule has 0 radical (unpaired) electrons. The lowest BCUT2D eigenvalue weighted by Gasteiger charge is -2.23. The largest absolute Gasteiger partial charge is 0.573 e. The molecule has 2 rings (SSSR count). The van der Waals surface area contributed by atoms with E-state index in [-0.39, 0.29) is 5.75 Å². The van der Waals surface area contributed by atoms with E-state index in [1.54, 1.807) is 12.1 Å². The molecular weight excluding hydrogens is 359 g/mol. The maximum atomic E-state index is 12.2. The second kappa shape index (κ2) is 7.05. The molecule has 0 unspecified atom stereocenters. The molecule has 2 aromatic carbocycles.